The molecule has 2 fully saturated rings. The van der Waals surface area contributed by atoms with Crippen molar-refractivity contribution in [2.24, 2.45) is 4.99 Å². The maximum Gasteiger partial charge on any atom is 0.401 e. The molecule has 0 spiro atoms. The predicted molar refractivity (Wildman–Crippen MR) is 118 cm³/mol. The van der Waals surface area contributed by atoms with Crippen LogP contribution in [0.2, 0.25) is 5.02 Å². The summed E-state index contributed by atoms with van der Waals surface area (Å²) in [4.78, 5) is 36.3. The largest absolute Gasteiger partial charge is 0.401 e. The van der Waals surface area contributed by atoms with Crippen LogP contribution in [0.4, 0.5) is 10.7 Å². The summed E-state index contributed by atoms with van der Waals surface area (Å²) < 4.78 is 9.44. The van der Waals surface area contributed by atoms with Gasteiger partial charge in [-0.15, -0.1) is 0 Å². The summed E-state index contributed by atoms with van der Waals surface area (Å²) in [5.41, 5.74) is 1.83. The fourth-order valence-corrected chi connectivity index (χ4v) is 4.75. The van der Waals surface area contributed by atoms with Gasteiger partial charge in [0.1, 0.15) is 11.9 Å². The molecule has 5 rings (SSSR count). The van der Waals surface area contributed by atoms with E-state index in [4.69, 9.17) is 21.3 Å². The van der Waals surface area contributed by atoms with Gasteiger partial charge in [-0.3, -0.25) is 19.5 Å². The summed E-state index contributed by atoms with van der Waals surface area (Å²) >= 11 is 6.09. The molecule has 4 heterocycles. The van der Waals surface area contributed by atoms with Gasteiger partial charge in [-0.05, 0) is 24.6 Å². The van der Waals surface area contributed by atoms with Crippen LogP contribution in [0.15, 0.2) is 35.5 Å². The summed E-state index contributed by atoms with van der Waals surface area (Å²) in [6, 6.07) is 6.18. The van der Waals surface area contributed by atoms with Crippen LogP contribution >= 0.6 is 11.6 Å². The molecule has 0 saturated carbocycles. The quantitative estimate of drug-likeness (QED) is 0.641. The summed E-state index contributed by atoms with van der Waals surface area (Å²) in [7, 11) is 1.67. The Labute approximate surface area is 191 Å². The van der Waals surface area contributed by atoms with Gasteiger partial charge < -0.3 is 4.74 Å². The smallest absolute Gasteiger partial charge is 0.379 e. The molecule has 3 amide bonds. The van der Waals surface area contributed by atoms with Gasteiger partial charge in [0, 0.05) is 31.7 Å². The van der Waals surface area contributed by atoms with Crippen LogP contribution in [0.3, 0.4) is 0 Å². The molecule has 9 nitrogen and oxygen atoms in total. The number of aryl methyl sites for hydroxylation is 1. The Balaban J connectivity index is 1.41. The molecule has 1 aromatic heterocycles. The number of aromatic nitrogens is 2. The topological polar surface area (TPSA) is 74.3 Å². The Hall–Kier alpha value is -2.75. The molecule has 1 atom stereocenters. The van der Waals surface area contributed by atoms with Crippen LogP contribution < -0.4 is 4.57 Å². The van der Waals surface area contributed by atoms with E-state index >= 15 is 0 Å². The molecule has 168 valence electrons. The van der Waals surface area contributed by atoms with E-state index in [1.807, 2.05) is 29.8 Å². The number of imide groups is 1. The minimum atomic E-state index is -0.643. The summed E-state index contributed by atoms with van der Waals surface area (Å²) in [5, 5.41) is 0.570. The number of likely N-dealkylation sites (N-methyl/N-ethyl adjacent to an activating group) is 1. The average molecular weight is 458 g/mol. The van der Waals surface area contributed by atoms with E-state index in [0.29, 0.717) is 16.8 Å². The number of urea groups is 1. The average Bonchev–Trinajstić information content (AvgIpc) is 3.29. The highest BCUT2D eigenvalue weighted by molar-refractivity contribution is 6.30. The van der Waals surface area contributed by atoms with Crippen molar-refractivity contribution in [1.82, 2.24) is 19.3 Å². The van der Waals surface area contributed by atoms with Crippen molar-refractivity contribution in [3.8, 4) is 0 Å². The number of fused-ring (bicyclic) bond motifs is 3. The third kappa shape index (κ3) is 3.60. The minimum absolute atomic E-state index is 0.166. The third-order valence-electron chi connectivity index (χ3n) is 6.30. The number of morpholine rings is 1. The first-order valence-electron chi connectivity index (χ1n) is 10.8. The highest BCUT2D eigenvalue weighted by Gasteiger charge is 2.53. The number of aliphatic imine (C=N–C) groups is 1. The van der Waals surface area contributed by atoms with Gasteiger partial charge in [0.15, 0.2) is 0 Å². The Morgan fingerprint density at radius 1 is 1.22 bits per heavy atom. The number of benzene rings is 1. The molecule has 32 heavy (non-hydrogen) atoms. The van der Waals surface area contributed by atoms with E-state index in [2.05, 4.69) is 9.47 Å². The molecule has 0 N–H and O–H groups in total. The first kappa shape index (κ1) is 21.1. The Bertz CT molecular complexity index is 1110. The monoisotopic (exact) mass is 457 g/mol. The number of halogens is 1. The van der Waals surface area contributed by atoms with E-state index < -0.39 is 6.04 Å². The van der Waals surface area contributed by atoms with Crippen molar-refractivity contribution in [2.45, 2.75) is 26.1 Å². The number of carbonyl (C=O) groups is 2. The van der Waals surface area contributed by atoms with Crippen molar-refractivity contribution in [1.29, 1.82) is 0 Å². The number of hydrogen-bond acceptors (Lipinski definition) is 5. The lowest BCUT2D eigenvalue weighted by Gasteiger charge is -2.33. The summed E-state index contributed by atoms with van der Waals surface area (Å²) in [5.74, 6) is 0.895. The van der Waals surface area contributed by atoms with Crippen molar-refractivity contribution in [3.05, 3.63) is 46.7 Å². The number of rotatable bonds is 5. The van der Waals surface area contributed by atoms with Crippen molar-refractivity contribution in [2.75, 3.05) is 39.9 Å². The number of imidazole rings is 1. The van der Waals surface area contributed by atoms with Gasteiger partial charge in [0.05, 0.1) is 26.3 Å². The van der Waals surface area contributed by atoms with Crippen LogP contribution in [0.5, 0.6) is 0 Å². The van der Waals surface area contributed by atoms with E-state index in [-0.39, 0.29) is 18.5 Å². The van der Waals surface area contributed by atoms with Crippen molar-refractivity contribution in [3.63, 3.8) is 0 Å². The first-order valence-corrected chi connectivity index (χ1v) is 11.2. The van der Waals surface area contributed by atoms with E-state index in [1.54, 1.807) is 19.2 Å². The molecule has 0 bridgehead atoms. The molecule has 1 unspecified atom stereocenters. The zero-order valence-electron chi connectivity index (χ0n) is 18.2. The second-order valence-electron chi connectivity index (χ2n) is 8.35. The second-order valence-corrected chi connectivity index (χ2v) is 8.79. The van der Waals surface area contributed by atoms with Crippen LogP contribution in [-0.4, -0.2) is 76.9 Å². The number of amides is 3. The zero-order valence-corrected chi connectivity index (χ0v) is 19.0. The molecular weight excluding hydrogens is 432 g/mol. The molecule has 0 aliphatic carbocycles. The minimum Gasteiger partial charge on any atom is -0.379 e. The Morgan fingerprint density at radius 2 is 2.00 bits per heavy atom. The highest BCUT2D eigenvalue weighted by atomic mass is 35.5. The standard InChI is InChI=1S/C22H26ClN6O3/c1-15-13-28-18-19(24-21(28)27(15)7-6-26-8-10-32-11-9-26)25(2)22(31)29(20(18)30)14-16-4-3-5-17(23)12-16/h3-5,12-13,18H,6-11,14H2,1-2H3/q+1. The number of hydrogen-bond donors (Lipinski definition) is 0. The maximum absolute atomic E-state index is 13.5. The summed E-state index contributed by atoms with van der Waals surface area (Å²) in [6.07, 6.45) is 1.95. The normalized spacial score (nSPS) is 21.1. The molecule has 2 aromatic rings. The molecule has 3 aliphatic heterocycles. The van der Waals surface area contributed by atoms with Crippen LogP contribution in [0, 0.1) is 6.92 Å². The molecule has 1 aromatic carbocycles. The summed E-state index contributed by atoms with van der Waals surface area (Å²) in [6.45, 7) is 7.17. The Kier molecular flexibility index (Phi) is 5.48. The fraction of sp³-hybridized carbons (Fsp3) is 0.455. The third-order valence-corrected chi connectivity index (χ3v) is 6.53. The van der Waals surface area contributed by atoms with E-state index in [9.17, 15) is 9.59 Å². The molecule has 0 radical (unpaired) electrons. The predicted octanol–water partition coefficient (Wildman–Crippen LogP) is 1.75. The van der Waals surface area contributed by atoms with Gasteiger partial charge >= 0.3 is 12.0 Å². The molecule has 10 heteroatoms. The number of nitrogens with zero attached hydrogens (tertiary/aromatic N) is 6. The van der Waals surface area contributed by atoms with Gasteiger partial charge in [-0.2, -0.15) is 0 Å². The van der Waals surface area contributed by atoms with E-state index in [0.717, 1.165) is 50.7 Å². The van der Waals surface area contributed by atoms with Crippen molar-refractivity contribution >= 4 is 35.3 Å². The van der Waals surface area contributed by atoms with Gasteiger partial charge in [-0.25, -0.2) is 13.9 Å². The first-order chi connectivity index (χ1) is 15.4. The SMILES string of the molecule is Cc1c[n+]2c(n1CCN1CCOCC1)N=C1C2C(=O)N(Cc2cccc(Cl)c2)C(=O)N1C. The fourth-order valence-electron chi connectivity index (χ4n) is 4.54. The molecule has 3 aliphatic rings. The number of ether oxygens (including phenoxy) is 1. The maximum atomic E-state index is 13.5. The Morgan fingerprint density at radius 3 is 2.75 bits per heavy atom. The zero-order chi connectivity index (χ0) is 22.4. The number of amidine groups is 1. The van der Waals surface area contributed by atoms with Crippen molar-refractivity contribution < 1.29 is 18.9 Å². The van der Waals surface area contributed by atoms with Gasteiger partial charge in [0.25, 0.3) is 5.91 Å². The lowest BCUT2D eigenvalue weighted by atomic mass is 10.1. The van der Waals surface area contributed by atoms with Crippen LogP contribution in [-0.2, 0) is 22.6 Å². The number of carbonyl (C=O) groups excluding carboxylic acids is 2. The lowest BCUT2D eigenvalue weighted by Crippen LogP contribution is -2.62. The van der Waals surface area contributed by atoms with Gasteiger partial charge in [-0.1, -0.05) is 28.7 Å². The van der Waals surface area contributed by atoms with Crippen LogP contribution in [0.25, 0.3) is 0 Å². The lowest BCUT2D eigenvalue weighted by molar-refractivity contribution is -0.677. The second kappa shape index (κ2) is 8.31. The molecule has 2 saturated heterocycles. The van der Waals surface area contributed by atoms with E-state index in [1.165, 1.54) is 9.80 Å². The van der Waals surface area contributed by atoms with Gasteiger partial charge in [0.2, 0.25) is 11.9 Å². The molecular formula is C22H26ClN6O3+. The highest BCUT2D eigenvalue weighted by Crippen LogP contribution is 2.30. The van der Waals surface area contributed by atoms with Crippen LogP contribution in [0.1, 0.15) is 17.3 Å².